The highest BCUT2D eigenvalue weighted by atomic mass is 16.5. The second kappa shape index (κ2) is 4.47. The fourth-order valence-corrected chi connectivity index (χ4v) is 2.41. The summed E-state index contributed by atoms with van der Waals surface area (Å²) in [6, 6.07) is 0.298. The highest BCUT2D eigenvalue weighted by Gasteiger charge is 2.40. The minimum Gasteiger partial charge on any atom is -0.481 e. The molecule has 0 spiro atoms. The Bertz CT molecular complexity index is 246. The topological polar surface area (TPSA) is 78.8 Å². The molecule has 2 bridgehead atoms. The van der Waals surface area contributed by atoms with Crippen molar-refractivity contribution < 1.29 is 19.7 Å². The average Bonchev–Trinajstić information content (AvgIpc) is 2.74. The minimum absolute atomic E-state index is 0.200. The monoisotopic (exact) mass is 215 g/mol. The number of aliphatic hydroxyl groups excluding tert-OH is 1. The summed E-state index contributed by atoms with van der Waals surface area (Å²) in [6.45, 7) is 0.337. The zero-order valence-corrected chi connectivity index (χ0v) is 8.56. The van der Waals surface area contributed by atoms with Crippen molar-refractivity contribution in [3.05, 3.63) is 0 Å². The normalized spacial score (nSPS) is 35.7. The number of rotatable bonds is 5. The first-order chi connectivity index (χ1) is 7.15. The van der Waals surface area contributed by atoms with E-state index < -0.39 is 12.1 Å². The van der Waals surface area contributed by atoms with E-state index in [1.807, 2.05) is 0 Å². The van der Waals surface area contributed by atoms with Crippen LogP contribution in [-0.4, -0.2) is 47.1 Å². The van der Waals surface area contributed by atoms with Crippen LogP contribution in [0.15, 0.2) is 0 Å². The second-order valence-corrected chi connectivity index (χ2v) is 4.38. The van der Waals surface area contributed by atoms with Gasteiger partial charge < -0.3 is 20.3 Å². The van der Waals surface area contributed by atoms with Gasteiger partial charge in [-0.15, -0.1) is 0 Å². The Balaban J connectivity index is 1.68. The van der Waals surface area contributed by atoms with E-state index in [1.165, 1.54) is 0 Å². The van der Waals surface area contributed by atoms with Crippen LogP contribution in [0.25, 0.3) is 0 Å². The lowest BCUT2D eigenvalue weighted by Crippen LogP contribution is -2.41. The Morgan fingerprint density at radius 2 is 2.33 bits per heavy atom. The van der Waals surface area contributed by atoms with E-state index >= 15 is 0 Å². The molecule has 2 aliphatic heterocycles. The number of carboxylic acids is 1. The standard InChI is InChI=1S/C10H17NO4/c12-6(3-10(13)14)5-11-8-4-7-1-2-9(8)15-7/h6-9,11-12H,1-5H2,(H,13,14). The molecule has 0 aliphatic carbocycles. The molecule has 86 valence electrons. The Morgan fingerprint density at radius 3 is 2.87 bits per heavy atom. The largest absolute Gasteiger partial charge is 0.481 e. The Morgan fingerprint density at radius 1 is 1.53 bits per heavy atom. The number of aliphatic carboxylic acids is 1. The van der Waals surface area contributed by atoms with E-state index in [0.29, 0.717) is 18.7 Å². The first kappa shape index (κ1) is 10.9. The zero-order chi connectivity index (χ0) is 10.8. The van der Waals surface area contributed by atoms with Crippen molar-refractivity contribution in [2.24, 2.45) is 0 Å². The van der Waals surface area contributed by atoms with Crippen molar-refractivity contribution in [1.82, 2.24) is 5.32 Å². The van der Waals surface area contributed by atoms with Crippen molar-refractivity contribution >= 4 is 5.97 Å². The molecule has 2 aliphatic rings. The summed E-state index contributed by atoms with van der Waals surface area (Å²) in [7, 11) is 0. The average molecular weight is 215 g/mol. The SMILES string of the molecule is O=C(O)CC(O)CNC1CC2CCC1O2. The summed E-state index contributed by atoms with van der Waals surface area (Å²) >= 11 is 0. The van der Waals surface area contributed by atoms with E-state index in [-0.39, 0.29) is 12.5 Å². The van der Waals surface area contributed by atoms with E-state index in [9.17, 15) is 9.90 Å². The number of hydrogen-bond acceptors (Lipinski definition) is 4. The van der Waals surface area contributed by atoms with E-state index in [4.69, 9.17) is 9.84 Å². The molecule has 4 atom stereocenters. The van der Waals surface area contributed by atoms with Gasteiger partial charge in [0.05, 0.1) is 24.7 Å². The summed E-state index contributed by atoms with van der Waals surface area (Å²) in [5.41, 5.74) is 0. The summed E-state index contributed by atoms with van der Waals surface area (Å²) in [4.78, 5) is 10.3. The van der Waals surface area contributed by atoms with Crippen LogP contribution >= 0.6 is 0 Å². The van der Waals surface area contributed by atoms with Crippen LogP contribution in [0.2, 0.25) is 0 Å². The molecule has 2 heterocycles. The van der Waals surface area contributed by atoms with Gasteiger partial charge in [-0.25, -0.2) is 0 Å². The Labute approximate surface area is 88.4 Å². The molecule has 0 radical (unpaired) electrons. The Kier molecular flexibility index (Phi) is 3.23. The number of carbonyl (C=O) groups is 1. The van der Waals surface area contributed by atoms with Gasteiger partial charge in [0.15, 0.2) is 0 Å². The highest BCUT2D eigenvalue weighted by molar-refractivity contribution is 5.67. The van der Waals surface area contributed by atoms with Gasteiger partial charge in [-0.05, 0) is 19.3 Å². The molecule has 0 aromatic carbocycles. The van der Waals surface area contributed by atoms with Gasteiger partial charge >= 0.3 is 5.97 Å². The molecule has 0 saturated carbocycles. The molecule has 4 unspecified atom stereocenters. The van der Waals surface area contributed by atoms with Crippen molar-refractivity contribution in [2.75, 3.05) is 6.54 Å². The number of hydrogen-bond donors (Lipinski definition) is 3. The second-order valence-electron chi connectivity index (χ2n) is 4.38. The molecule has 0 amide bonds. The Hall–Kier alpha value is -0.650. The summed E-state index contributed by atoms with van der Waals surface area (Å²) < 4.78 is 5.64. The van der Waals surface area contributed by atoms with E-state index in [2.05, 4.69) is 5.32 Å². The van der Waals surface area contributed by atoms with Crippen LogP contribution in [0.5, 0.6) is 0 Å². The summed E-state index contributed by atoms with van der Waals surface area (Å²) in [5.74, 6) is -0.964. The van der Waals surface area contributed by atoms with Gasteiger partial charge in [0.2, 0.25) is 0 Å². The maximum absolute atomic E-state index is 10.3. The molecule has 0 aromatic rings. The molecule has 3 N–H and O–H groups in total. The predicted octanol–water partition coefficient (Wildman–Crippen LogP) is -0.268. The van der Waals surface area contributed by atoms with Crippen molar-refractivity contribution in [2.45, 2.75) is 50.0 Å². The summed E-state index contributed by atoms with van der Waals surface area (Å²) in [5, 5.41) is 21.0. The molecule has 2 fully saturated rings. The van der Waals surface area contributed by atoms with Gasteiger partial charge in [-0.1, -0.05) is 0 Å². The molecule has 5 heteroatoms. The molecule has 0 aromatic heterocycles. The minimum atomic E-state index is -0.964. The third-order valence-electron chi connectivity index (χ3n) is 3.13. The molecular formula is C10H17NO4. The van der Waals surface area contributed by atoms with Gasteiger partial charge in [0.25, 0.3) is 0 Å². The molecule has 15 heavy (non-hydrogen) atoms. The lowest BCUT2D eigenvalue weighted by atomic mass is 9.95. The van der Waals surface area contributed by atoms with E-state index in [1.54, 1.807) is 0 Å². The van der Waals surface area contributed by atoms with Crippen molar-refractivity contribution in [3.63, 3.8) is 0 Å². The maximum Gasteiger partial charge on any atom is 0.306 e. The lowest BCUT2D eigenvalue weighted by molar-refractivity contribution is -0.139. The fraction of sp³-hybridized carbons (Fsp3) is 0.900. The maximum atomic E-state index is 10.3. The summed E-state index contributed by atoms with van der Waals surface area (Å²) in [6.07, 6.45) is 2.86. The smallest absolute Gasteiger partial charge is 0.306 e. The molecule has 5 nitrogen and oxygen atoms in total. The first-order valence-electron chi connectivity index (χ1n) is 5.44. The molecule has 2 rings (SSSR count). The molecule has 2 saturated heterocycles. The quantitative estimate of drug-likeness (QED) is 0.588. The number of aliphatic hydroxyl groups is 1. The van der Waals surface area contributed by atoms with Crippen LogP contribution in [0, 0.1) is 0 Å². The number of nitrogens with one attached hydrogen (secondary N) is 1. The van der Waals surface area contributed by atoms with E-state index in [0.717, 1.165) is 19.3 Å². The lowest BCUT2D eigenvalue weighted by Gasteiger charge is -2.21. The van der Waals surface area contributed by atoms with Gasteiger partial charge in [0.1, 0.15) is 0 Å². The van der Waals surface area contributed by atoms with Gasteiger partial charge in [-0.2, -0.15) is 0 Å². The van der Waals surface area contributed by atoms with Crippen LogP contribution in [0.1, 0.15) is 25.7 Å². The van der Waals surface area contributed by atoms with Crippen LogP contribution in [-0.2, 0) is 9.53 Å². The molecular weight excluding hydrogens is 198 g/mol. The number of carboxylic acid groups (broad SMARTS) is 1. The van der Waals surface area contributed by atoms with Crippen LogP contribution in [0.3, 0.4) is 0 Å². The van der Waals surface area contributed by atoms with Crippen LogP contribution in [0.4, 0.5) is 0 Å². The van der Waals surface area contributed by atoms with Crippen molar-refractivity contribution in [1.29, 1.82) is 0 Å². The van der Waals surface area contributed by atoms with Gasteiger partial charge in [0, 0.05) is 12.6 Å². The van der Waals surface area contributed by atoms with Crippen LogP contribution < -0.4 is 5.32 Å². The van der Waals surface area contributed by atoms with Gasteiger partial charge in [-0.3, -0.25) is 4.79 Å². The van der Waals surface area contributed by atoms with Crippen molar-refractivity contribution in [3.8, 4) is 0 Å². The predicted molar refractivity (Wildman–Crippen MR) is 52.6 cm³/mol. The third kappa shape index (κ3) is 2.68. The number of ether oxygens (including phenoxy) is 1. The first-order valence-corrected chi connectivity index (χ1v) is 5.44. The zero-order valence-electron chi connectivity index (χ0n) is 8.56. The number of fused-ring (bicyclic) bond motifs is 2. The highest BCUT2D eigenvalue weighted by Crippen LogP contribution is 2.34. The third-order valence-corrected chi connectivity index (χ3v) is 3.13. The fourth-order valence-electron chi connectivity index (χ4n) is 2.41.